The van der Waals surface area contributed by atoms with Crippen LogP contribution in [0, 0.1) is 0 Å². The first kappa shape index (κ1) is 14.2. The molecule has 1 aromatic carbocycles. The number of benzene rings is 1. The zero-order valence-electron chi connectivity index (χ0n) is 10.6. The molecule has 1 rings (SSSR count). The molecule has 0 bridgehead atoms. The van der Waals surface area contributed by atoms with E-state index in [9.17, 15) is 9.59 Å². The number of unbranched alkanes of at least 4 members (excludes halogenated alkanes) is 2. The van der Waals surface area contributed by atoms with Crippen LogP contribution in [0.25, 0.3) is 6.08 Å². The summed E-state index contributed by atoms with van der Waals surface area (Å²) >= 11 is 0. The van der Waals surface area contributed by atoms with Crippen LogP contribution in [0.15, 0.2) is 30.3 Å². The molecule has 0 amide bonds. The number of ether oxygens (including phenoxy) is 1. The Morgan fingerprint density at radius 2 is 1.94 bits per heavy atom. The summed E-state index contributed by atoms with van der Waals surface area (Å²) in [4.78, 5) is 22.1. The summed E-state index contributed by atoms with van der Waals surface area (Å²) in [5, 5.41) is 0. The van der Waals surface area contributed by atoms with Gasteiger partial charge in [-0.1, -0.05) is 44.0 Å². The van der Waals surface area contributed by atoms with Crippen LogP contribution in [-0.4, -0.2) is 18.9 Å². The quantitative estimate of drug-likeness (QED) is 0.321. The van der Waals surface area contributed by atoms with Crippen LogP contribution in [0.4, 0.5) is 0 Å². The maximum atomic E-state index is 11.4. The average Bonchev–Trinajstić information content (AvgIpc) is 2.41. The monoisotopic (exact) mass is 246 g/mol. The van der Waals surface area contributed by atoms with E-state index in [4.69, 9.17) is 4.74 Å². The molecule has 0 fully saturated rings. The highest BCUT2D eigenvalue weighted by atomic mass is 16.5. The molecule has 0 aliphatic rings. The molecule has 0 unspecified atom stereocenters. The minimum atomic E-state index is -0.369. The number of carbonyl (C=O) groups excluding carboxylic acids is 2. The second-order valence-corrected chi connectivity index (χ2v) is 3.95. The van der Waals surface area contributed by atoms with Crippen molar-refractivity contribution in [3.05, 3.63) is 41.5 Å². The Morgan fingerprint density at radius 3 is 2.61 bits per heavy atom. The molecule has 0 aliphatic heterocycles. The second kappa shape index (κ2) is 8.23. The van der Waals surface area contributed by atoms with Crippen LogP contribution in [0.5, 0.6) is 0 Å². The highest BCUT2D eigenvalue weighted by Crippen LogP contribution is 2.08. The molecular weight excluding hydrogens is 228 g/mol. The Hall–Kier alpha value is -1.90. The van der Waals surface area contributed by atoms with E-state index in [-0.39, 0.29) is 5.97 Å². The number of hydrogen-bond acceptors (Lipinski definition) is 3. The van der Waals surface area contributed by atoms with Gasteiger partial charge in [0.2, 0.25) is 0 Å². The van der Waals surface area contributed by atoms with E-state index in [0.29, 0.717) is 12.2 Å². The van der Waals surface area contributed by atoms with Crippen LogP contribution < -0.4 is 0 Å². The topological polar surface area (TPSA) is 43.4 Å². The molecule has 0 aromatic heterocycles. The van der Waals surface area contributed by atoms with Crippen molar-refractivity contribution in [2.45, 2.75) is 26.2 Å². The molecule has 3 heteroatoms. The Balaban J connectivity index is 2.48. The van der Waals surface area contributed by atoms with Crippen molar-refractivity contribution in [2.75, 3.05) is 6.61 Å². The van der Waals surface area contributed by atoms with Gasteiger partial charge in [0.25, 0.3) is 0 Å². The molecule has 0 spiro atoms. The Morgan fingerprint density at radius 1 is 1.22 bits per heavy atom. The molecule has 18 heavy (non-hydrogen) atoms. The van der Waals surface area contributed by atoms with E-state index in [2.05, 4.69) is 6.92 Å². The number of rotatable bonds is 7. The van der Waals surface area contributed by atoms with Crippen LogP contribution >= 0.6 is 0 Å². The molecule has 0 saturated carbocycles. The van der Waals surface area contributed by atoms with Crippen molar-refractivity contribution in [1.82, 2.24) is 0 Å². The number of aldehydes is 1. The van der Waals surface area contributed by atoms with E-state index in [1.165, 1.54) is 6.08 Å². The summed E-state index contributed by atoms with van der Waals surface area (Å²) in [6, 6.07) is 7.09. The van der Waals surface area contributed by atoms with Gasteiger partial charge in [0.15, 0.2) is 6.29 Å². The zero-order valence-corrected chi connectivity index (χ0v) is 10.6. The first-order valence-corrected chi connectivity index (χ1v) is 6.17. The number of carbonyl (C=O) groups is 2. The lowest BCUT2D eigenvalue weighted by Gasteiger charge is -2.01. The van der Waals surface area contributed by atoms with Crippen molar-refractivity contribution in [1.29, 1.82) is 0 Å². The molecule has 3 nitrogen and oxygen atoms in total. The summed E-state index contributed by atoms with van der Waals surface area (Å²) < 4.78 is 5.03. The first-order chi connectivity index (χ1) is 8.77. The third-order valence-corrected chi connectivity index (χ3v) is 2.51. The minimum Gasteiger partial charge on any atom is -0.463 e. The van der Waals surface area contributed by atoms with Crippen molar-refractivity contribution in [3.8, 4) is 0 Å². The van der Waals surface area contributed by atoms with Crippen LogP contribution in [-0.2, 0) is 9.53 Å². The lowest BCUT2D eigenvalue weighted by Crippen LogP contribution is -2.02. The van der Waals surface area contributed by atoms with Crippen molar-refractivity contribution in [2.24, 2.45) is 0 Å². The predicted molar refractivity (Wildman–Crippen MR) is 71.3 cm³/mol. The first-order valence-electron chi connectivity index (χ1n) is 6.17. The largest absolute Gasteiger partial charge is 0.463 e. The van der Waals surface area contributed by atoms with Gasteiger partial charge in [-0.3, -0.25) is 4.79 Å². The van der Waals surface area contributed by atoms with Gasteiger partial charge in [0, 0.05) is 11.6 Å². The van der Waals surface area contributed by atoms with E-state index in [0.717, 1.165) is 31.1 Å². The summed E-state index contributed by atoms with van der Waals surface area (Å²) in [6.07, 6.45) is 6.78. The molecule has 1 aromatic rings. The van der Waals surface area contributed by atoms with Crippen molar-refractivity contribution < 1.29 is 14.3 Å². The second-order valence-electron chi connectivity index (χ2n) is 3.95. The van der Waals surface area contributed by atoms with Crippen LogP contribution in [0.3, 0.4) is 0 Å². The molecule has 0 saturated heterocycles. The standard InChI is InChI=1S/C15H18O3/c1-2-3-6-11-18-15(17)10-9-13-7-4-5-8-14(13)12-16/h4-5,7-10,12H,2-3,6,11H2,1H3. The fourth-order valence-corrected chi connectivity index (χ4v) is 1.50. The normalized spacial score (nSPS) is 10.5. The van der Waals surface area contributed by atoms with E-state index in [1.54, 1.807) is 24.3 Å². The molecule has 0 atom stereocenters. The molecule has 0 aliphatic carbocycles. The SMILES string of the molecule is CCCCCOC(=O)C=Cc1ccccc1C=O. The highest BCUT2D eigenvalue weighted by Gasteiger charge is 1.99. The third-order valence-electron chi connectivity index (χ3n) is 2.51. The van der Waals surface area contributed by atoms with Gasteiger partial charge >= 0.3 is 5.97 Å². The van der Waals surface area contributed by atoms with Gasteiger partial charge < -0.3 is 4.74 Å². The van der Waals surface area contributed by atoms with E-state index < -0.39 is 0 Å². The molecule has 0 heterocycles. The molecule has 96 valence electrons. The van der Waals surface area contributed by atoms with E-state index in [1.807, 2.05) is 6.07 Å². The third kappa shape index (κ3) is 4.95. The smallest absolute Gasteiger partial charge is 0.330 e. The summed E-state index contributed by atoms with van der Waals surface area (Å²) in [7, 11) is 0. The number of hydrogen-bond donors (Lipinski definition) is 0. The number of esters is 1. The lowest BCUT2D eigenvalue weighted by molar-refractivity contribution is -0.137. The average molecular weight is 246 g/mol. The Bertz CT molecular complexity index is 422. The van der Waals surface area contributed by atoms with Gasteiger partial charge in [-0.25, -0.2) is 4.79 Å². The van der Waals surface area contributed by atoms with Gasteiger partial charge in [0.05, 0.1) is 6.61 Å². The summed E-state index contributed by atoms with van der Waals surface area (Å²) in [5.74, 6) is -0.369. The van der Waals surface area contributed by atoms with Crippen molar-refractivity contribution >= 4 is 18.3 Å². The van der Waals surface area contributed by atoms with Crippen molar-refractivity contribution in [3.63, 3.8) is 0 Å². The molecule has 0 radical (unpaired) electrons. The zero-order chi connectivity index (χ0) is 13.2. The Labute approximate surface area is 107 Å². The van der Waals surface area contributed by atoms with Crippen LogP contribution in [0.2, 0.25) is 0 Å². The predicted octanol–water partition coefficient (Wildman–Crippen LogP) is 3.25. The van der Waals surface area contributed by atoms with Gasteiger partial charge in [-0.05, 0) is 18.1 Å². The van der Waals surface area contributed by atoms with Crippen LogP contribution in [0.1, 0.15) is 42.1 Å². The maximum absolute atomic E-state index is 11.4. The highest BCUT2D eigenvalue weighted by molar-refractivity contribution is 5.90. The van der Waals surface area contributed by atoms with Gasteiger partial charge in [-0.15, -0.1) is 0 Å². The van der Waals surface area contributed by atoms with Gasteiger partial charge in [-0.2, -0.15) is 0 Å². The molecular formula is C15H18O3. The fraction of sp³-hybridized carbons (Fsp3) is 0.333. The maximum Gasteiger partial charge on any atom is 0.330 e. The summed E-state index contributed by atoms with van der Waals surface area (Å²) in [5.41, 5.74) is 1.28. The summed E-state index contributed by atoms with van der Waals surface area (Å²) in [6.45, 7) is 2.55. The van der Waals surface area contributed by atoms with E-state index >= 15 is 0 Å². The fourth-order valence-electron chi connectivity index (χ4n) is 1.50. The molecule has 0 N–H and O–H groups in total. The van der Waals surface area contributed by atoms with Gasteiger partial charge in [0.1, 0.15) is 0 Å². The lowest BCUT2D eigenvalue weighted by atomic mass is 10.1. The minimum absolute atomic E-state index is 0.369. The Kier molecular flexibility index (Phi) is 6.47.